The van der Waals surface area contributed by atoms with Crippen molar-refractivity contribution in [2.75, 3.05) is 0 Å². The first-order valence-electron chi connectivity index (χ1n) is 2.76. The molecule has 2 heteroatoms. The van der Waals surface area contributed by atoms with Crippen molar-refractivity contribution in [3.05, 3.63) is 23.8 Å². The van der Waals surface area contributed by atoms with E-state index in [4.69, 9.17) is 5.11 Å². The van der Waals surface area contributed by atoms with E-state index in [-0.39, 0.29) is 0 Å². The van der Waals surface area contributed by atoms with Gasteiger partial charge in [-0.15, -0.1) is 9.24 Å². The Morgan fingerprint density at radius 3 is 2.56 bits per heavy atom. The van der Waals surface area contributed by atoms with Gasteiger partial charge in [0.15, 0.2) is 0 Å². The smallest absolute Gasteiger partial charge is 0.122 e. The minimum Gasteiger partial charge on any atom is -0.507 e. The molecule has 1 rings (SSSR count). The molecule has 1 N–H and O–H groups in total. The van der Waals surface area contributed by atoms with Crippen molar-refractivity contribution in [1.82, 2.24) is 0 Å². The normalized spacial score (nSPS) is 9.56. The van der Waals surface area contributed by atoms with Crippen molar-refractivity contribution < 1.29 is 5.11 Å². The quantitative estimate of drug-likeness (QED) is 0.537. The first-order chi connectivity index (χ1) is 4.22. The lowest BCUT2D eigenvalue weighted by Gasteiger charge is -1.99. The molecule has 0 aromatic heterocycles. The van der Waals surface area contributed by atoms with Crippen LogP contribution in [-0.2, 0) is 0 Å². The summed E-state index contributed by atoms with van der Waals surface area (Å²) in [5, 5.41) is 9.97. The van der Waals surface area contributed by atoms with Crippen molar-refractivity contribution >= 4 is 14.5 Å². The lowest BCUT2D eigenvalue weighted by Crippen LogP contribution is -1.95. The Hall–Kier alpha value is -0.550. The summed E-state index contributed by atoms with van der Waals surface area (Å²) < 4.78 is 0. The van der Waals surface area contributed by atoms with Gasteiger partial charge in [-0.05, 0) is 18.6 Å². The summed E-state index contributed by atoms with van der Waals surface area (Å²) in [5.41, 5.74) is 1.10. The predicted molar refractivity (Wildman–Crippen MR) is 42.2 cm³/mol. The highest BCUT2D eigenvalue weighted by molar-refractivity contribution is 7.28. The number of hydrogen-bond acceptors (Lipinski definition) is 1. The van der Waals surface area contributed by atoms with E-state index in [0.29, 0.717) is 5.75 Å². The molecule has 0 saturated carbocycles. The van der Waals surface area contributed by atoms with Gasteiger partial charge in [-0.3, -0.25) is 0 Å². The van der Waals surface area contributed by atoms with Crippen LogP contribution in [0.3, 0.4) is 0 Å². The third kappa shape index (κ3) is 1.22. The van der Waals surface area contributed by atoms with Crippen LogP contribution in [0.25, 0.3) is 0 Å². The van der Waals surface area contributed by atoms with Crippen LogP contribution in [0.15, 0.2) is 18.2 Å². The summed E-state index contributed by atoms with van der Waals surface area (Å²) in [4.78, 5) is 0. The van der Waals surface area contributed by atoms with Gasteiger partial charge in [-0.25, -0.2) is 0 Å². The highest BCUT2D eigenvalue weighted by atomic mass is 31.0. The van der Waals surface area contributed by atoms with Gasteiger partial charge in [0.25, 0.3) is 0 Å². The molecule has 0 radical (unpaired) electrons. The molecule has 1 atom stereocenters. The maximum Gasteiger partial charge on any atom is 0.122 e. The third-order valence-electron chi connectivity index (χ3n) is 1.30. The van der Waals surface area contributed by atoms with Crippen LogP contribution in [-0.4, -0.2) is 5.11 Å². The molecule has 1 unspecified atom stereocenters. The van der Waals surface area contributed by atoms with E-state index in [0.717, 1.165) is 10.9 Å². The largest absolute Gasteiger partial charge is 0.507 e. The summed E-state index contributed by atoms with van der Waals surface area (Å²) in [5.74, 6) is 0.347. The Morgan fingerprint density at radius 2 is 2.11 bits per heavy atom. The Bertz CT molecular complexity index is 200. The fourth-order valence-electron chi connectivity index (χ4n) is 0.665. The average molecular weight is 140 g/mol. The van der Waals surface area contributed by atoms with Crippen molar-refractivity contribution in [3.8, 4) is 5.75 Å². The van der Waals surface area contributed by atoms with E-state index >= 15 is 0 Å². The Labute approximate surface area is 56.9 Å². The van der Waals surface area contributed by atoms with Gasteiger partial charge in [-0.1, -0.05) is 12.1 Å². The molecule has 48 valence electrons. The monoisotopic (exact) mass is 140 g/mol. The molecule has 0 heterocycles. The van der Waals surface area contributed by atoms with Crippen LogP contribution < -0.4 is 5.30 Å². The molecule has 0 fully saturated rings. The maximum absolute atomic E-state index is 9.08. The van der Waals surface area contributed by atoms with Gasteiger partial charge < -0.3 is 5.11 Å². The number of phenols is 1. The number of aryl methyl sites for hydroxylation is 1. The lowest BCUT2D eigenvalue weighted by atomic mass is 10.2. The van der Waals surface area contributed by atoms with Gasteiger partial charge in [0.05, 0.1) is 0 Å². The third-order valence-corrected chi connectivity index (χ3v) is 2.05. The van der Waals surface area contributed by atoms with Crippen LogP contribution in [0.5, 0.6) is 5.75 Å². The van der Waals surface area contributed by atoms with Crippen molar-refractivity contribution in [2.24, 2.45) is 0 Å². The van der Waals surface area contributed by atoms with Crippen LogP contribution in [0.1, 0.15) is 5.56 Å². The van der Waals surface area contributed by atoms with E-state index in [2.05, 4.69) is 9.24 Å². The number of hydrogen-bond donors (Lipinski definition) is 1. The average Bonchev–Trinajstić information content (AvgIpc) is 1.83. The minimum atomic E-state index is 0.347. The van der Waals surface area contributed by atoms with E-state index in [1.807, 2.05) is 19.1 Å². The second-order valence-electron chi connectivity index (χ2n) is 2.01. The first kappa shape index (κ1) is 6.57. The van der Waals surface area contributed by atoms with Gasteiger partial charge in [0.1, 0.15) is 5.75 Å². The Morgan fingerprint density at radius 1 is 1.44 bits per heavy atom. The molecule has 9 heavy (non-hydrogen) atoms. The zero-order chi connectivity index (χ0) is 6.85. The van der Waals surface area contributed by atoms with Crippen LogP contribution in [0.4, 0.5) is 0 Å². The molecule has 0 aliphatic rings. The van der Waals surface area contributed by atoms with Crippen molar-refractivity contribution in [1.29, 1.82) is 0 Å². The Balaban J connectivity index is 3.25. The second-order valence-corrected chi connectivity index (χ2v) is 2.59. The maximum atomic E-state index is 9.08. The van der Waals surface area contributed by atoms with Crippen LogP contribution in [0, 0.1) is 6.92 Å². The molecule has 1 aromatic carbocycles. The standard InChI is InChI=1S/C7H9OP/c1-5-3-2-4-6(8)7(5)9/h2-4,8H,9H2,1H3. The van der Waals surface area contributed by atoms with Crippen LogP contribution >= 0.6 is 9.24 Å². The van der Waals surface area contributed by atoms with E-state index in [1.54, 1.807) is 6.07 Å². The summed E-state index contributed by atoms with van der Waals surface area (Å²) in [6.45, 7) is 1.96. The molecule has 1 nitrogen and oxygen atoms in total. The molecule has 0 spiro atoms. The van der Waals surface area contributed by atoms with E-state index < -0.39 is 0 Å². The molecule has 1 aromatic rings. The minimum absolute atomic E-state index is 0.347. The zero-order valence-electron chi connectivity index (χ0n) is 5.26. The first-order valence-corrected chi connectivity index (χ1v) is 3.33. The summed E-state index contributed by atoms with van der Waals surface area (Å²) in [7, 11) is 2.49. The number of rotatable bonds is 0. The zero-order valence-corrected chi connectivity index (χ0v) is 6.41. The fourth-order valence-corrected chi connectivity index (χ4v) is 0.858. The van der Waals surface area contributed by atoms with E-state index in [1.165, 1.54) is 0 Å². The van der Waals surface area contributed by atoms with Crippen molar-refractivity contribution in [2.45, 2.75) is 6.92 Å². The van der Waals surface area contributed by atoms with Gasteiger partial charge in [0, 0.05) is 5.30 Å². The predicted octanol–water partition coefficient (Wildman–Crippen LogP) is 1.20. The van der Waals surface area contributed by atoms with Crippen LogP contribution in [0.2, 0.25) is 0 Å². The number of benzene rings is 1. The summed E-state index contributed by atoms with van der Waals surface area (Å²) >= 11 is 0. The number of phenolic OH excluding ortho intramolecular Hbond substituents is 1. The van der Waals surface area contributed by atoms with Gasteiger partial charge in [0.2, 0.25) is 0 Å². The summed E-state index contributed by atoms with van der Waals surface area (Å²) in [6.07, 6.45) is 0. The lowest BCUT2D eigenvalue weighted by molar-refractivity contribution is 0.479. The summed E-state index contributed by atoms with van der Waals surface area (Å²) in [6, 6.07) is 5.47. The number of aromatic hydroxyl groups is 1. The van der Waals surface area contributed by atoms with Gasteiger partial charge in [-0.2, -0.15) is 0 Å². The molecule has 0 saturated heterocycles. The molecule has 0 aliphatic carbocycles. The fraction of sp³-hybridized carbons (Fsp3) is 0.143. The van der Waals surface area contributed by atoms with Crippen molar-refractivity contribution in [3.63, 3.8) is 0 Å². The molecule has 0 amide bonds. The highest BCUT2D eigenvalue weighted by Gasteiger charge is 1.94. The topological polar surface area (TPSA) is 20.2 Å². The SMILES string of the molecule is Cc1cccc(O)c1P. The van der Waals surface area contributed by atoms with Gasteiger partial charge >= 0.3 is 0 Å². The molecular formula is C7H9OP. The second kappa shape index (κ2) is 2.36. The molecular weight excluding hydrogens is 131 g/mol. The Kier molecular flexibility index (Phi) is 1.73. The molecule has 0 aliphatic heterocycles. The van der Waals surface area contributed by atoms with E-state index in [9.17, 15) is 0 Å². The molecule has 0 bridgehead atoms. The highest BCUT2D eigenvalue weighted by Crippen LogP contribution is 2.10.